The highest BCUT2D eigenvalue weighted by Crippen LogP contribution is 2.25. The summed E-state index contributed by atoms with van der Waals surface area (Å²) >= 11 is 0. The Kier molecular flexibility index (Phi) is 4.33. The maximum Gasteiger partial charge on any atom is 0.257 e. The monoisotopic (exact) mass is 339 g/mol. The average Bonchev–Trinajstić information content (AvgIpc) is 3.23. The predicted molar refractivity (Wildman–Crippen MR) is 91.6 cm³/mol. The van der Waals surface area contributed by atoms with Crippen LogP contribution in [0.3, 0.4) is 0 Å². The molecule has 130 valence electrons. The lowest BCUT2D eigenvalue weighted by Gasteiger charge is -2.30. The van der Waals surface area contributed by atoms with Gasteiger partial charge in [-0.15, -0.1) is 0 Å². The van der Waals surface area contributed by atoms with E-state index in [2.05, 4.69) is 26.3 Å². The van der Waals surface area contributed by atoms with Crippen LogP contribution in [0.1, 0.15) is 23.3 Å². The van der Waals surface area contributed by atoms with Crippen molar-refractivity contribution in [3.8, 4) is 11.4 Å². The van der Waals surface area contributed by atoms with Gasteiger partial charge >= 0.3 is 0 Å². The third-order valence-electron chi connectivity index (χ3n) is 4.41. The standard InChI is InChI=1S/C18H21N5O2/c1-13-15(10-22(2)20-13)11-23-8-9-24-16(12-23)18-19-17(21-25-18)14-6-4-3-5-7-14/h3-7,10,16H,8-9,11-12H2,1-2H3. The maximum atomic E-state index is 5.86. The molecule has 1 unspecified atom stereocenters. The zero-order chi connectivity index (χ0) is 17.2. The van der Waals surface area contributed by atoms with Gasteiger partial charge in [0.15, 0.2) is 0 Å². The number of hydrogen-bond donors (Lipinski definition) is 0. The van der Waals surface area contributed by atoms with Crippen molar-refractivity contribution in [1.82, 2.24) is 24.8 Å². The molecular formula is C18H21N5O2. The van der Waals surface area contributed by atoms with Crippen molar-refractivity contribution in [2.24, 2.45) is 7.05 Å². The van der Waals surface area contributed by atoms with E-state index in [1.54, 1.807) is 0 Å². The SMILES string of the molecule is Cc1nn(C)cc1CN1CCOC(c2nc(-c3ccccc3)no2)C1. The van der Waals surface area contributed by atoms with Gasteiger partial charge in [-0.1, -0.05) is 35.5 Å². The Morgan fingerprint density at radius 3 is 2.84 bits per heavy atom. The van der Waals surface area contributed by atoms with E-state index in [0.29, 0.717) is 18.3 Å². The van der Waals surface area contributed by atoms with E-state index in [1.165, 1.54) is 5.56 Å². The Balaban J connectivity index is 1.46. The summed E-state index contributed by atoms with van der Waals surface area (Å²) in [6, 6.07) is 9.82. The third kappa shape index (κ3) is 3.47. The van der Waals surface area contributed by atoms with Crippen molar-refractivity contribution >= 4 is 0 Å². The number of rotatable bonds is 4. The van der Waals surface area contributed by atoms with Gasteiger partial charge in [-0.2, -0.15) is 10.1 Å². The average molecular weight is 339 g/mol. The van der Waals surface area contributed by atoms with Crippen LogP contribution in [0.5, 0.6) is 0 Å². The molecule has 1 aliphatic rings. The van der Waals surface area contributed by atoms with Gasteiger partial charge in [0.25, 0.3) is 5.89 Å². The second-order valence-electron chi connectivity index (χ2n) is 6.33. The van der Waals surface area contributed by atoms with Crippen molar-refractivity contribution < 1.29 is 9.26 Å². The summed E-state index contributed by atoms with van der Waals surface area (Å²) < 4.78 is 13.2. The first-order valence-corrected chi connectivity index (χ1v) is 8.41. The van der Waals surface area contributed by atoms with E-state index in [9.17, 15) is 0 Å². The summed E-state index contributed by atoms with van der Waals surface area (Å²) in [7, 11) is 1.95. The molecule has 3 heterocycles. The first-order chi connectivity index (χ1) is 12.2. The number of morpholine rings is 1. The summed E-state index contributed by atoms with van der Waals surface area (Å²) in [6.45, 7) is 5.14. The molecule has 0 N–H and O–H groups in total. The van der Waals surface area contributed by atoms with Crippen molar-refractivity contribution in [1.29, 1.82) is 0 Å². The molecule has 0 spiro atoms. The van der Waals surface area contributed by atoms with Crippen LogP contribution < -0.4 is 0 Å². The molecule has 1 aromatic carbocycles. The van der Waals surface area contributed by atoms with Crippen LogP contribution in [0.15, 0.2) is 41.1 Å². The number of aromatic nitrogens is 4. The van der Waals surface area contributed by atoms with Gasteiger partial charge in [0.2, 0.25) is 5.82 Å². The minimum atomic E-state index is -0.198. The normalized spacial score (nSPS) is 18.6. The molecule has 25 heavy (non-hydrogen) atoms. The van der Waals surface area contributed by atoms with E-state index in [4.69, 9.17) is 9.26 Å². The van der Waals surface area contributed by atoms with Gasteiger partial charge in [0, 0.05) is 44.0 Å². The number of ether oxygens (including phenoxy) is 1. The Bertz CT molecular complexity index is 842. The van der Waals surface area contributed by atoms with Gasteiger partial charge in [0.1, 0.15) is 6.10 Å². The third-order valence-corrected chi connectivity index (χ3v) is 4.41. The Morgan fingerprint density at radius 1 is 1.24 bits per heavy atom. The molecule has 0 amide bonds. The first kappa shape index (κ1) is 16.0. The largest absolute Gasteiger partial charge is 0.366 e. The second kappa shape index (κ2) is 6.78. The molecular weight excluding hydrogens is 318 g/mol. The van der Waals surface area contributed by atoms with Crippen molar-refractivity contribution in [2.75, 3.05) is 19.7 Å². The van der Waals surface area contributed by atoms with Gasteiger partial charge in [-0.3, -0.25) is 9.58 Å². The van der Waals surface area contributed by atoms with Crippen LogP contribution in [0.4, 0.5) is 0 Å². The van der Waals surface area contributed by atoms with Crippen LogP contribution in [0.25, 0.3) is 11.4 Å². The highest BCUT2D eigenvalue weighted by Gasteiger charge is 2.27. The first-order valence-electron chi connectivity index (χ1n) is 8.41. The smallest absolute Gasteiger partial charge is 0.257 e. The molecule has 0 bridgehead atoms. The second-order valence-corrected chi connectivity index (χ2v) is 6.33. The highest BCUT2D eigenvalue weighted by atomic mass is 16.5. The molecule has 1 aliphatic heterocycles. The molecule has 0 aliphatic carbocycles. The Morgan fingerprint density at radius 2 is 2.08 bits per heavy atom. The van der Waals surface area contributed by atoms with E-state index in [0.717, 1.165) is 30.9 Å². The zero-order valence-electron chi connectivity index (χ0n) is 14.4. The van der Waals surface area contributed by atoms with Gasteiger partial charge < -0.3 is 9.26 Å². The van der Waals surface area contributed by atoms with Gasteiger partial charge in [-0.05, 0) is 6.92 Å². The molecule has 0 saturated carbocycles. The number of nitrogens with zero attached hydrogens (tertiary/aromatic N) is 5. The Hall–Kier alpha value is -2.51. The quantitative estimate of drug-likeness (QED) is 0.727. The molecule has 0 radical (unpaired) electrons. The fraction of sp³-hybridized carbons (Fsp3) is 0.389. The summed E-state index contributed by atoms with van der Waals surface area (Å²) in [5, 5.41) is 8.50. The maximum absolute atomic E-state index is 5.86. The summed E-state index contributed by atoms with van der Waals surface area (Å²) in [5.41, 5.74) is 3.24. The van der Waals surface area contributed by atoms with Crippen LogP contribution >= 0.6 is 0 Å². The summed E-state index contributed by atoms with van der Waals surface area (Å²) in [4.78, 5) is 6.86. The fourth-order valence-electron chi connectivity index (χ4n) is 3.11. The number of hydrogen-bond acceptors (Lipinski definition) is 6. The predicted octanol–water partition coefficient (Wildman–Crippen LogP) is 2.35. The van der Waals surface area contributed by atoms with E-state index in [1.807, 2.05) is 49.0 Å². The van der Waals surface area contributed by atoms with Crippen molar-refractivity contribution in [2.45, 2.75) is 19.6 Å². The van der Waals surface area contributed by atoms with Crippen molar-refractivity contribution in [3.63, 3.8) is 0 Å². The lowest BCUT2D eigenvalue weighted by molar-refractivity contribution is -0.0475. The minimum Gasteiger partial charge on any atom is -0.366 e. The van der Waals surface area contributed by atoms with Crippen molar-refractivity contribution in [3.05, 3.63) is 53.7 Å². The molecule has 7 nitrogen and oxygen atoms in total. The molecule has 1 saturated heterocycles. The highest BCUT2D eigenvalue weighted by molar-refractivity contribution is 5.53. The lowest BCUT2D eigenvalue weighted by atomic mass is 10.2. The van der Waals surface area contributed by atoms with E-state index < -0.39 is 0 Å². The topological polar surface area (TPSA) is 69.2 Å². The summed E-state index contributed by atoms with van der Waals surface area (Å²) in [6.07, 6.45) is 1.87. The molecule has 2 aromatic heterocycles. The fourth-order valence-corrected chi connectivity index (χ4v) is 3.11. The van der Waals surface area contributed by atoms with E-state index >= 15 is 0 Å². The van der Waals surface area contributed by atoms with E-state index in [-0.39, 0.29) is 6.10 Å². The molecule has 3 aromatic rings. The lowest BCUT2D eigenvalue weighted by Crippen LogP contribution is -2.38. The Labute approximate surface area is 146 Å². The molecule has 4 rings (SSSR count). The van der Waals surface area contributed by atoms with Crippen LogP contribution in [-0.4, -0.2) is 44.5 Å². The molecule has 7 heteroatoms. The zero-order valence-corrected chi connectivity index (χ0v) is 14.4. The summed E-state index contributed by atoms with van der Waals surface area (Å²) in [5.74, 6) is 1.13. The van der Waals surface area contributed by atoms with Crippen LogP contribution in [0, 0.1) is 6.92 Å². The van der Waals surface area contributed by atoms with Gasteiger partial charge in [0.05, 0.1) is 12.3 Å². The van der Waals surface area contributed by atoms with Crippen LogP contribution in [0.2, 0.25) is 0 Å². The van der Waals surface area contributed by atoms with Gasteiger partial charge in [-0.25, -0.2) is 0 Å². The minimum absolute atomic E-state index is 0.198. The van der Waals surface area contributed by atoms with Crippen LogP contribution in [-0.2, 0) is 18.3 Å². The number of aryl methyl sites for hydroxylation is 2. The molecule has 1 atom stereocenters. The number of benzene rings is 1. The molecule has 1 fully saturated rings.